The number of hydrogen-bond acceptors (Lipinski definition) is 3. The van der Waals surface area contributed by atoms with E-state index in [-0.39, 0.29) is 24.0 Å². The van der Waals surface area contributed by atoms with Gasteiger partial charge in [-0.05, 0) is 19.4 Å². The van der Waals surface area contributed by atoms with Crippen molar-refractivity contribution in [2.24, 2.45) is 4.99 Å². The van der Waals surface area contributed by atoms with Crippen LogP contribution in [-0.2, 0) is 13.0 Å². The Labute approximate surface area is 153 Å². The van der Waals surface area contributed by atoms with E-state index in [1.807, 2.05) is 24.4 Å². The third kappa shape index (κ3) is 6.74. The Morgan fingerprint density at radius 2 is 2.00 bits per heavy atom. The van der Waals surface area contributed by atoms with Gasteiger partial charge >= 0.3 is 0 Å². The second-order valence-corrected chi connectivity index (χ2v) is 6.04. The number of hydrogen-bond donors (Lipinski definition) is 2. The van der Waals surface area contributed by atoms with E-state index in [0.29, 0.717) is 6.54 Å². The molecule has 0 unspecified atom stereocenters. The topological polar surface area (TPSA) is 49.3 Å². The van der Waals surface area contributed by atoms with Crippen molar-refractivity contribution in [2.45, 2.75) is 26.8 Å². The number of nitrogens with one attached hydrogen (secondary N) is 2. The zero-order valence-corrected chi connectivity index (χ0v) is 16.2. The molecule has 0 aliphatic rings. The minimum Gasteiger partial charge on any atom is -0.357 e. The van der Waals surface area contributed by atoms with Crippen molar-refractivity contribution in [3.63, 3.8) is 0 Å². The Balaban J connectivity index is 0.00000242. The lowest BCUT2D eigenvalue weighted by atomic mass is 10.2. The molecule has 0 aliphatic carbocycles. The number of aliphatic imine (C=N–C) groups is 1. The molecule has 0 fully saturated rings. The van der Waals surface area contributed by atoms with Crippen LogP contribution in [0.15, 0.2) is 41.5 Å². The highest BCUT2D eigenvalue weighted by Crippen LogP contribution is 2.10. The maximum absolute atomic E-state index is 4.60. The van der Waals surface area contributed by atoms with E-state index in [9.17, 15) is 0 Å². The fourth-order valence-corrected chi connectivity index (χ4v) is 2.69. The average molecular weight is 430 g/mol. The number of nitrogens with zero attached hydrogens (tertiary/aromatic N) is 2. The molecule has 22 heavy (non-hydrogen) atoms. The standard InChI is InChI=1S/C16H22N4S.HI/c1-3-17-16(20-12-14-7-5-4-6-8-14)18-10-9-15-19-11-13(2)21-15;/h4-8,11H,3,9-10,12H2,1-2H3,(H2,17,18,20);1H. The highest BCUT2D eigenvalue weighted by Gasteiger charge is 2.00. The van der Waals surface area contributed by atoms with E-state index in [4.69, 9.17) is 0 Å². The summed E-state index contributed by atoms with van der Waals surface area (Å²) in [6, 6.07) is 10.3. The molecule has 0 saturated heterocycles. The van der Waals surface area contributed by atoms with Crippen molar-refractivity contribution >= 4 is 41.3 Å². The highest BCUT2D eigenvalue weighted by molar-refractivity contribution is 14.0. The Bertz CT molecular complexity index is 569. The van der Waals surface area contributed by atoms with Crippen LogP contribution in [0.3, 0.4) is 0 Å². The second-order valence-electron chi connectivity index (χ2n) is 4.72. The summed E-state index contributed by atoms with van der Waals surface area (Å²) in [6.45, 7) is 6.54. The molecule has 1 heterocycles. The molecule has 0 spiro atoms. The van der Waals surface area contributed by atoms with Crippen LogP contribution in [0, 0.1) is 6.92 Å². The Hall–Kier alpha value is -1.15. The van der Waals surface area contributed by atoms with E-state index in [0.717, 1.165) is 25.5 Å². The highest BCUT2D eigenvalue weighted by atomic mass is 127. The average Bonchev–Trinajstić information content (AvgIpc) is 2.91. The van der Waals surface area contributed by atoms with Crippen molar-refractivity contribution in [1.29, 1.82) is 0 Å². The Morgan fingerprint density at radius 3 is 2.64 bits per heavy atom. The first kappa shape index (κ1) is 18.9. The number of benzene rings is 1. The summed E-state index contributed by atoms with van der Waals surface area (Å²) in [4.78, 5) is 10.2. The van der Waals surface area contributed by atoms with Crippen LogP contribution in [0.1, 0.15) is 22.4 Å². The molecule has 4 nitrogen and oxygen atoms in total. The summed E-state index contributed by atoms with van der Waals surface area (Å²) in [5.41, 5.74) is 1.21. The van der Waals surface area contributed by atoms with Gasteiger partial charge in [-0.1, -0.05) is 30.3 Å². The summed E-state index contributed by atoms with van der Waals surface area (Å²) in [7, 11) is 0. The lowest BCUT2D eigenvalue weighted by Crippen LogP contribution is -2.38. The van der Waals surface area contributed by atoms with Gasteiger partial charge < -0.3 is 10.6 Å². The Morgan fingerprint density at radius 1 is 1.23 bits per heavy atom. The van der Waals surface area contributed by atoms with Crippen LogP contribution >= 0.6 is 35.3 Å². The van der Waals surface area contributed by atoms with Crippen molar-refractivity contribution < 1.29 is 0 Å². The molecule has 0 radical (unpaired) electrons. The minimum atomic E-state index is 0. The third-order valence-electron chi connectivity index (χ3n) is 2.91. The molecule has 0 bridgehead atoms. The van der Waals surface area contributed by atoms with Gasteiger partial charge in [-0.25, -0.2) is 9.98 Å². The summed E-state index contributed by atoms with van der Waals surface area (Å²) >= 11 is 1.75. The van der Waals surface area contributed by atoms with Gasteiger partial charge in [0.15, 0.2) is 5.96 Å². The molecule has 2 aromatic rings. The van der Waals surface area contributed by atoms with Crippen molar-refractivity contribution in [3.8, 4) is 0 Å². The molecule has 1 aromatic carbocycles. The zero-order chi connectivity index (χ0) is 14.9. The molecule has 0 amide bonds. The number of halogens is 1. The maximum atomic E-state index is 4.60. The molecular weight excluding hydrogens is 407 g/mol. The fraction of sp³-hybridized carbons (Fsp3) is 0.375. The van der Waals surface area contributed by atoms with Gasteiger partial charge in [0.25, 0.3) is 0 Å². The van der Waals surface area contributed by atoms with E-state index in [1.54, 1.807) is 11.3 Å². The summed E-state index contributed by atoms with van der Waals surface area (Å²) in [6.07, 6.45) is 2.85. The van der Waals surface area contributed by atoms with Crippen molar-refractivity contribution in [3.05, 3.63) is 52.0 Å². The van der Waals surface area contributed by atoms with Crippen LogP contribution in [0.4, 0.5) is 0 Å². The van der Waals surface area contributed by atoms with Crippen LogP contribution < -0.4 is 10.6 Å². The molecule has 6 heteroatoms. The number of aryl methyl sites for hydroxylation is 1. The van der Waals surface area contributed by atoms with Gasteiger partial charge in [-0.2, -0.15) is 0 Å². The molecule has 2 rings (SSSR count). The van der Waals surface area contributed by atoms with Gasteiger partial charge in [0.05, 0.1) is 11.6 Å². The second kappa shape index (κ2) is 10.6. The smallest absolute Gasteiger partial charge is 0.191 e. The first-order chi connectivity index (χ1) is 10.3. The first-order valence-electron chi connectivity index (χ1n) is 7.25. The number of guanidine groups is 1. The monoisotopic (exact) mass is 430 g/mol. The number of thiazole rings is 1. The van der Waals surface area contributed by atoms with Crippen LogP contribution in [0.5, 0.6) is 0 Å². The van der Waals surface area contributed by atoms with E-state index < -0.39 is 0 Å². The largest absolute Gasteiger partial charge is 0.357 e. The Kier molecular flexibility index (Phi) is 9.07. The molecule has 2 N–H and O–H groups in total. The third-order valence-corrected chi connectivity index (χ3v) is 3.88. The minimum absolute atomic E-state index is 0. The molecular formula is C16H23IN4S. The van der Waals surface area contributed by atoms with Gasteiger partial charge in [0.1, 0.15) is 0 Å². The van der Waals surface area contributed by atoms with E-state index in [2.05, 4.69) is 46.6 Å². The zero-order valence-electron chi connectivity index (χ0n) is 13.0. The number of rotatable bonds is 6. The van der Waals surface area contributed by atoms with Crippen molar-refractivity contribution in [1.82, 2.24) is 15.6 Å². The normalized spacial score (nSPS) is 10.9. The van der Waals surface area contributed by atoms with E-state index in [1.165, 1.54) is 15.4 Å². The molecule has 0 aliphatic heterocycles. The first-order valence-corrected chi connectivity index (χ1v) is 8.07. The summed E-state index contributed by atoms with van der Waals surface area (Å²) < 4.78 is 0. The maximum Gasteiger partial charge on any atom is 0.191 e. The lowest BCUT2D eigenvalue weighted by molar-refractivity contribution is 0.796. The van der Waals surface area contributed by atoms with E-state index >= 15 is 0 Å². The molecule has 0 atom stereocenters. The molecule has 1 aromatic heterocycles. The molecule has 0 saturated carbocycles. The van der Waals surface area contributed by atoms with Crippen LogP contribution in [0.2, 0.25) is 0 Å². The predicted molar refractivity (Wildman–Crippen MR) is 105 cm³/mol. The van der Waals surface area contributed by atoms with Crippen molar-refractivity contribution in [2.75, 3.05) is 13.1 Å². The lowest BCUT2D eigenvalue weighted by Gasteiger charge is -2.10. The van der Waals surface area contributed by atoms with Crippen LogP contribution in [0.25, 0.3) is 0 Å². The van der Waals surface area contributed by atoms with Gasteiger partial charge in [-0.15, -0.1) is 35.3 Å². The van der Waals surface area contributed by atoms with Gasteiger partial charge in [-0.3, -0.25) is 0 Å². The fourth-order valence-electron chi connectivity index (χ4n) is 1.90. The quantitative estimate of drug-likeness (QED) is 0.420. The van der Waals surface area contributed by atoms with Crippen LogP contribution in [-0.4, -0.2) is 24.0 Å². The SMILES string of the molecule is CCNC(=NCc1ccccc1)NCCc1ncc(C)s1.I. The summed E-state index contributed by atoms with van der Waals surface area (Å²) in [5, 5.41) is 7.79. The number of aromatic nitrogens is 1. The van der Waals surface area contributed by atoms with Gasteiger partial charge in [0, 0.05) is 30.6 Å². The summed E-state index contributed by atoms with van der Waals surface area (Å²) in [5.74, 6) is 0.856. The van der Waals surface area contributed by atoms with Gasteiger partial charge in [0.2, 0.25) is 0 Å². The molecule has 120 valence electrons. The predicted octanol–water partition coefficient (Wildman–Crippen LogP) is 3.37.